The third kappa shape index (κ3) is 4.19. The van der Waals surface area contributed by atoms with Gasteiger partial charge in [-0.3, -0.25) is 0 Å². The molecule has 19 heavy (non-hydrogen) atoms. The van der Waals surface area contributed by atoms with E-state index in [0.29, 0.717) is 0 Å². The van der Waals surface area contributed by atoms with Crippen LogP contribution >= 0.6 is 0 Å². The van der Waals surface area contributed by atoms with Crippen molar-refractivity contribution in [3.8, 4) is 0 Å². The molecule has 0 spiro atoms. The fraction of sp³-hybridized carbons (Fsp3) is 1.00. The molecule has 0 heterocycles. The van der Waals surface area contributed by atoms with Crippen molar-refractivity contribution in [3.05, 3.63) is 0 Å². The predicted molar refractivity (Wildman–Crippen MR) is 81.7 cm³/mol. The Balaban J connectivity index is 5.93. The topological polar surface area (TPSA) is 22.1 Å². The average Bonchev–Trinajstić information content (AvgIpc) is 2.42. The third-order valence-electron chi connectivity index (χ3n) is 3.66. The first-order valence-electron chi connectivity index (χ1n) is 7.96. The summed E-state index contributed by atoms with van der Waals surface area (Å²) in [5, 5.41) is 0. The van der Waals surface area contributed by atoms with Gasteiger partial charge in [-0.1, -0.05) is 0 Å². The van der Waals surface area contributed by atoms with Crippen LogP contribution in [-0.2, 0) is 17.7 Å². The normalized spacial score (nSPS) is 12.7. The molecule has 116 valence electrons. The Morgan fingerprint density at radius 1 is 0.579 bits per heavy atom. The van der Waals surface area contributed by atoms with Gasteiger partial charge >= 0.3 is 125 Å². The Bertz CT molecular complexity index is 231. The van der Waals surface area contributed by atoms with E-state index in [2.05, 4.69) is 58.4 Å². The summed E-state index contributed by atoms with van der Waals surface area (Å²) in [6.07, 6.45) is 0. The van der Waals surface area contributed by atoms with Gasteiger partial charge < -0.3 is 0 Å². The molecule has 0 aromatic heterocycles. The summed E-state index contributed by atoms with van der Waals surface area (Å²) in [5.41, 5.74) is 0. The van der Waals surface area contributed by atoms with Crippen molar-refractivity contribution in [3.63, 3.8) is 0 Å². The Morgan fingerprint density at radius 2 is 0.842 bits per heavy atom. The van der Waals surface area contributed by atoms with Crippen molar-refractivity contribution in [1.29, 1.82) is 0 Å². The molecule has 0 N–H and O–H groups in total. The summed E-state index contributed by atoms with van der Waals surface area (Å²) in [4.78, 5) is 0. The van der Waals surface area contributed by atoms with E-state index in [1.165, 1.54) is 0 Å². The van der Waals surface area contributed by atoms with Gasteiger partial charge in [0.15, 0.2) is 0 Å². The Morgan fingerprint density at radius 3 is 1.00 bits per heavy atom. The van der Waals surface area contributed by atoms with E-state index in [1.807, 2.05) is 0 Å². The van der Waals surface area contributed by atoms with E-state index < -0.39 is 17.7 Å². The Hall–Kier alpha value is 0.420. The second-order valence-corrected chi connectivity index (χ2v) is 11.9. The van der Waals surface area contributed by atoms with Crippen LogP contribution < -0.4 is 0 Å². The molecule has 0 aromatic rings. The summed E-state index contributed by atoms with van der Waals surface area (Å²) in [7, 11) is 0. The number of hydrogen-bond acceptors (Lipinski definition) is 1. The molecule has 0 saturated heterocycles. The molecule has 0 bridgehead atoms. The van der Waals surface area contributed by atoms with Crippen LogP contribution in [0.2, 0.25) is 0 Å². The van der Waals surface area contributed by atoms with E-state index in [9.17, 15) is 0 Å². The van der Waals surface area contributed by atoms with Crippen molar-refractivity contribution < 1.29 is 17.7 Å². The van der Waals surface area contributed by atoms with Gasteiger partial charge in [0.25, 0.3) is 0 Å². The summed E-state index contributed by atoms with van der Waals surface area (Å²) >= 11 is -2.84. The van der Waals surface area contributed by atoms with Gasteiger partial charge in [0.05, 0.1) is 0 Å². The summed E-state index contributed by atoms with van der Waals surface area (Å²) in [6, 6.07) is 0. The van der Waals surface area contributed by atoms with E-state index in [4.69, 9.17) is 3.34 Å². The van der Waals surface area contributed by atoms with E-state index in [-0.39, 0.29) is 0 Å². The zero-order valence-corrected chi connectivity index (χ0v) is 16.4. The SMILES string of the molecule is CC[N]=[Nb]([N](CC)CC)([N](CC)CC)[N](CC)CC. The van der Waals surface area contributed by atoms with Crippen LogP contribution in [0, 0.1) is 0 Å². The first-order chi connectivity index (χ1) is 9.12. The van der Waals surface area contributed by atoms with Crippen molar-refractivity contribution in [2.75, 3.05) is 45.8 Å². The molecule has 0 aliphatic heterocycles. The molecule has 0 aliphatic rings. The fourth-order valence-corrected chi connectivity index (χ4v) is 13.3. The van der Waals surface area contributed by atoms with Crippen LogP contribution in [0.1, 0.15) is 48.5 Å². The van der Waals surface area contributed by atoms with E-state index >= 15 is 0 Å². The Labute approximate surface area is 125 Å². The molecule has 0 fully saturated rings. The van der Waals surface area contributed by atoms with Gasteiger partial charge in [0.2, 0.25) is 0 Å². The van der Waals surface area contributed by atoms with Crippen LogP contribution in [0.3, 0.4) is 0 Å². The van der Waals surface area contributed by atoms with Crippen LogP contribution in [0.15, 0.2) is 3.34 Å². The first kappa shape index (κ1) is 19.4. The average molecular weight is 352 g/mol. The molecule has 0 unspecified atom stereocenters. The van der Waals surface area contributed by atoms with Crippen molar-refractivity contribution in [2.24, 2.45) is 3.34 Å². The van der Waals surface area contributed by atoms with Crippen molar-refractivity contribution in [1.82, 2.24) is 9.91 Å². The predicted octanol–water partition coefficient (Wildman–Crippen LogP) is 3.11. The zero-order valence-electron chi connectivity index (χ0n) is 14.2. The fourth-order valence-electron chi connectivity index (χ4n) is 2.80. The molecule has 0 amide bonds. The first-order valence-corrected chi connectivity index (χ1v) is 11.9. The van der Waals surface area contributed by atoms with E-state index in [1.54, 1.807) is 0 Å². The maximum absolute atomic E-state index is 5.26. The molecule has 0 rings (SSSR count). The van der Waals surface area contributed by atoms with Crippen LogP contribution in [0.4, 0.5) is 0 Å². The molecular weight excluding hydrogens is 317 g/mol. The Kier molecular flexibility index (Phi) is 10.4. The second kappa shape index (κ2) is 10.2. The number of rotatable bonds is 10. The van der Waals surface area contributed by atoms with Crippen molar-refractivity contribution >= 4 is 0 Å². The maximum atomic E-state index is 5.26. The van der Waals surface area contributed by atoms with Gasteiger partial charge in [0, 0.05) is 0 Å². The van der Waals surface area contributed by atoms with Crippen molar-refractivity contribution in [2.45, 2.75) is 48.5 Å². The minimum absolute atomic E-state index is 0.940. The molecule has 5 heteroatoms. The second-order valence-electron chi connectivity index (χ2n) is 4.41. The summed E-state index contributed by atoms with van der Waals surface area (Å²) in [6.45, 7) is 23.5. The zero-order chi connectivity index (χ0) is 14.9. The quantitative estimate of drug-likeness (QED) is 0.564. The monoisotopic (exact) mass is 352 g/mol. The van der Waals surface area contributed by atoms with Gasteiger partial charge in [0.1, 0.15) is 0 Å². The van der Waals surface area contributed by atoms with Crippen LogP contribution in [0.5, 0.6) is 0 Å². The van der Waals surface area contributed by atoms with Gasteiger partial charge in [-0.05, 0) is 0 Å². The molecular formula is C14H35N4Nb. The number of nitrogens with zero attached hydrogens (tertiary/aromatic N) is 4. The van der Waals surface area contributed by atoms with E-state index in [0.717, 1.165) is 45.8 Å². The molecule has 0 aliphatic carbocycles. The molecule has 0 saturated carbocycles. The molecule has 0 radical (unpaired) electrons. The summed E-state index contributed by atoms with van der Waals surface area (Å²) in [5.74, 6) is 0. The standard InChI is InChI=1S/3C4H10N.C2H5N.Nb/c3*1-3-5-4-2;1-2-3;/h3*3-4H2,1-2H3;2H2,1H3;/q3*-1;;+3. The summed E-state index contributed by atoms with van der Waals surface area (Å²) < 4.78 is 13.3. The van der Waals surface area contributed by atoms with Gasteiger partial charge in [-0.15, -0.1) is 0 Å². The van der Waals surface area contributed by atoms with Crippen LogP contribution in [-0.4, -0.2) is 55.7 Å². The van der Waals surface area contributed by atoms with Gasteiger partial charge in [-0.2, -0.15) is 0 Å². The molecule has 4 nitrogen and oxygen atoms in total. The van der Waals surface area contributed by atoms with Crippen LogP contribution in [0.25, 0.3) is 0 Å². The number of hydrogen-bond donors (Lipinski definition) is 0. The molecule has 0 aromatic carbocycles. The third-order valence-corrected chi connectivity index (χ3v) is 15.1. The minimum atomic E-state index is -2.84. The van der Waals surface area contributed by atoms with Gasteiger partial charge in [-0.25, -0.2) is 0 Å². The molecule has 0 atom stereocenters.